The predicted octanol–water partition coefficient (Wildman–Crippen LogP) is 1.99. The molecule has 1 heterocycles. The molecule has 0 amide bonds. The van der Waals surface area contributed by atoms with Crippen LogP contribution < -0.4 is 5.43 Å². The second kappa shape index (κ2) is 4.45. The third-order valence-corrected chi connectivity index (χ3v) is 2.87. The molecule has 0 bridgehead atoms. The van der Waals surface area contributed by atoms with Crippen molar-refractivity contribution in [3.05, 3.63) is 63.6 Å². The van der Waals surface area contributed by atoms with Crippen molar-refractivity contribution in [3.8, 4) is 5.75 Å². The van der Waals surface area contributed by atoms with Gasteiger partial charge in [0.1, 0.15) is 0 Å². The Morgan fingerprint density at radius 1 is 1.18 bits per heavy atom. The number of nitrogens with zero attached hydrogens (tertiary/aromatic N) is 1. The molecule has 1 aromatic carbocycles. The van der Waals surface area contributed by atoms with Gasteiger partial charge < -0.3 is 9.67 Å². The van der Waals surface area contributed by atoms with Crippen molar-refractivity contribution in [2.75, 3.05) is 0 Å². The summed E-state index contributed by atoms with van der Waals surface area (Å²) in [5.41, 5.74) is 2.58. The fourth-order valence-corrected chi connectivity index (χ4v) is 1.77. The number of aromatic nitrogens is 1. The highest BCUT2D eigenvalue weighted by Crippen LogP contribution is 2.16. The van der Waals surface area contributed by atoms with Crippen molar-refractivity contribution >= 4 is 0 Å². The van der Waals surface area contributed by atoms with Gasteiger partial charge in [0.05, 0.1) is 5.69 Å². The Labute approximate surface area is 100.0 Å². The molecule has 0 aliphatic rings. The van der Waals surface area contributed by atoms with Crippen LogP contribution in [0.15, 0.2) is 41.3 Å². The average molecular weight is 229 g/mol. The van der Waals surface area contributed by atoms with Crippen LogP contribution in [0, 0.1) is 6.92 Å². The number of aromatic hydroxyl groups is 1. The van der Waals surface area contributed by atoms with Crippen molar-refractivity contribution in [1.29, 1.82) is 0 Å². The molecule has 0 unspecified atom stereocenters. The van der Waals surface area contributed by atoms with Crippen LogP contribution in [0.1, 0.15) is 16.8 Å². The first-order valence-corrected chi connectivity index (χ1v) is 5.51. The molecule has 3 heteroatoms. The SMILES string of the molecule is Cc1ccc(Cc2c(O)c(=O)ccn2C)cc1. The Balaban J connectivity index is 2.39. The van der Waals surface area contributed by atoms with E-state index >= 15 is 0 Å². The van der Waals surface area contributed by atoms with E-state index in [0.29, 0.717) is 12.1 Å². The molecule has 1 aromatic heterocycles. The van der Waals surface area contributed by atoms with Crippen molar-refractivity contribution in [2.24, 2.45) is 7.05 Å². The van der Waals surface area contributed by atoms with E-state index in [-0.39, 0.29) is 11.2 Å². The lowest BCUT2D eigenvalue weighted by Crippen LogP contribution is -2.10. The van der Waals surface area contributed by atoms with Gasteiger partial charge in [0.15, 0.2) is 5.75 Å². The van der Waals surface area contributed by atoms with E-state index in [1.165, 1.54) is 11.6 Å². The highest BCUT2D eigenvalue weighted by atomic mass is 16.3. The van der Waals surface area contributed by atoms with Gasteiger partial charge in [-0.1, -0.05) is 29.8 Å². The fourth-order valence-electron chi connectivity index (χ4n) is 1.77. The minimum absolute atomic E-state index is 0.157. The second-order valence-corrected chi connectivity index (χ2v) is 4.25. The number of aryl methyl sites for hydroxylation is 2. The summed E-state index contributed by atoms with van der Waals surface area (Å²) < 4.78 is 1.77. The maximum Gasteiger partial charge on any atom is 0.223 e. The lowest BCUT2D eigenvalue weighted by molar-refractivity contribution is 0.454. The van der Waals surface area contributed by atoms with Gasteiger partial charge in [-0.2, -0.15) is 0 Å². The van der Waals surface area contributed by atoms with Crippen molar-refractivity contribution in [3.63, 3.8) is 0 Å². The van der Waals surface area contributed by atoms with Crippen LogP contribution in [-0.2, 0) is 13.5 Å². The summed E-state index contributed by atoms with van der Waals surface area (Å²) in [5.74, 6) is -0.157. The van der Waals surface area contributed by atoms with Gasteiger partial charge in [0, 0.05) is 25.7 Å². The van der Waals surface area contributed by atoms with Crippen molar-refractivity contribution < 1.29 is 5.11 Å². The Bertz CT molecular complexity index is 582. The fraction of sp³-hybridized carbons (Fsp3) is 0.214. The monoisotopic (exact) mass is 229 g/mol. The smallest absolute Gasteiger partial charge is 0.223 e. The molecule has 2 rings (SSSR count). The summed E-state index contributed by atoms with van der Waals surface area (Å²) in [5, 5.41) is 9.76. The Morgan fingerprint density at radius 2 is 1.82 bits per heavy atom. The van der Waals surface area contributed by atoms with Gasteiger partial charge in [-0.15, -0.1) is 0 Å². The van der Waals surface area contributed by atoms with Crippen LogP contribution in [0.2, 0.25) is 0 Å². The molecular formula is C14H15NO2. The molecular weight excluding hydrogens is 214 g/mol. The standard InChI is InChI=1S/C14H15NO2/c1-10-3-5-11(6-4-10)9-12-14(17)13(16)7-8-15(12)2/h3-8,17H,9H2,1-2H3. The Kier molecular flexibility index (Phi) is 3.00. The van der Waals surface area contributed by atoms with E-state index in [4.69, 9.17) is 0 Å². The molecule has 0 aliphatic heterocycles. The third kappa shape index (κ3) is 2.38. The summed E-state index contributed by atoms with van der Waals surface area (Å²) in [6.07, 6.45) is 2.23. The van der Waals surface area contributed by atoms with Gasteiger partial charge in [-0.3, -0.25) is 4.79 Å². The van der Waals surface area contributed by atoms with Gasteiger partial charge in [0.25, 0.3) is 0 Å². The van der Waals surface area contributed by atoms with Crippen LogP contribution in [0.3, 0.4) is 0 Å². The molecule has 0 spiro atoms. The maximum atomic E-state index is 11.4. The zero-order valence-corrected chi connectivity index (χ0v) is 9.97. The van der Waals surface area contributed by atoms with Crippen LogP contribution >= 0.6 is 0 Å². The molecule has 0 aliphatic carbocycles. The Morgan fingerprint density at radius 3 is 2.47 bits per heavy atom. The van der Waals surface area contributed by atoms with E-state index in [1.807, 2.05) is 38.2 Å². The summed E-state index contributed by atoms with van der Waals surface area (Å²) in [6, 6.07) is 9.42. The number of hydrogen-bond acceptors (Lipinski definition) is 2. The second-order valence-electron chi connectivity index (χ2n) is 4.25. The molecule has 3 nitrogen and oxygen atoms in total. The van der Waals surface area contributed by atoms with E-state index in [9.17, 15) is 9.90 Å². The zero-order chi connectivity index (χ0) is 12.4. The molecule has 1 N–H and O–H groups in total. The van der Waals surface area contributed by atoms with E-state index in [0.717, 1.165) is 5.56 Å². The number of benzene rings is 1. The first kappa shape index (κ1) is 11.5. The zero-order valence-electron chi connectivity index (χ0n) is 9.97. The van der Waals surface area contributed by atoms with Gasteiger partial charge >= 0.3 is 0 Å². The lowest BCUT2D eigenvalue weighted by Gasteiger charge is -2.10. The van der Waals surface area contributed by atoms with Crippen LogP contribution in [0.4, 0.5) is 0 Å². The normalized spacial score (nSPS) is 10.5. The number of hydrogen-bond donors (Lipinski definition) is 1. The Hall–Kier alpha value is -2.03. The predicted molar refractivity (Wildman–Crippen MR) is 67.3 cm³/mol. The molecule has 17 heavy (non-hydrogen) atoms. The van der Waals surface area contributed by atoms with E-state index in [1.54, 1.807) is 10.8 Å². The first-order chi connectivity index (χ1) is 8.08. The molecule has 0 saturated carbocycles. The minimum Gasteiger partial charge on any atom is -0.503 e. The van der Waals surface area contributed by atoms with Crippen LogP contribution in [-0.4, -0.2) is 9.67 Å². The summed E-state index contributed by atoms with van der Waals surface area (Å²) >= 11 is 0. The topological polar surface area (TPSA) is 42.2 Å². The molecule has 0 atom stereocenters. The quantitative estimate of drug-likeness (QED) is 0.855. The molecule has 0 fully saturated rings. The van der Waals surface area contributed by atoms with Crippen molar-refractivity contribution in [2.45, 2.75) is 13.3 Å². The number of rotatable bonds is 2. The molecule has 0 radical (unpaired) electrons. The minimum atomic E-state index is -0.329. The van der Waals surface area contributed by atoms with E-state index in [2.05, 4.69) is 0 Å². The summed E-state index contributed by atoms with van der Waals surface area (Å²) in [4.78, 5) is 11.4. The van der Waals surface area contributed by atoms with Gasteiger partial charge in [-0.05, 0) is 12.5 Å². The van der Waals surface area contributed by atoms with Crippen LogP contribution in [0.25, 0.3) is 0 Å². The summed E-state index contributed by atoms with van der Waals surface area (Å²) in [7, 11) is 1.82. The average Bonchev–Trinajstić information content (AvgIpc) is 2.32. The summed E-state index contributed by atoms with van der Waals surface area (Å²) in [6.45, 7) is 2.03. The molecule has 88 valence electrons. The molecule has 2 aromatic rings. The largest absolute Gasteiger partial charge is 0.503 e. The highest BCUT2D eigenvalue weighted by Gasteiger charge is 2.08. The molecule has 0 saturated heterocycles. The lowest BCUT2D eigenvalue weighted by atomic mass is 10.1. The van der Waals surface area contributed by atoms with Crippen molar-refractivity contribution in [1.82, 2.24) is 4.57 Å². The van der Waals surface area contributed by atoms with E-state index < -0.39 is 0 Å². The van der Waals surface area contributed by atoms with Gasteiger partial charge in [0.2, 0.25) is 5.43 Å². The highest BCUT2D eigenvalue weighted by molar-refractivity contribution is 5.33. The number of pyridine rings is 1. The maximum absolute atomic E-state index is 11.4. The van der Waals surface area contributed by atoms with Crippen LogP contribution in [0.5, 0.6) is 5.75 Å². The first-order valence-electron chi connectivity index (χ1n) is 5.51. The third-order valence-electron chi connectivity index (χ3n) is 2.87. The van der Waals surface area contributed by atoms with Gasteiger partial charge in [-0.25, -0.2) is 0 Å².